The van der Waals surface area contributed by atoms with Gasteiger partial charge in [0, 0.05) is 31.9 Å². The number of fused-ring (bicyclic) bond motifs is 3. The Morgan fingerprint density at radius 1 is 1.22 bits per heavy atom. The lowest BCUT2D eigenvalue weighted by molar-refractivity contribution is -0.129. The highest BCUT2D eigenvalue weighted by molar-refractivity contribution is 5.93. The molecule has 2 bridgehead atoms. The molecule has 3 saturated carbocycles. The summed E-state index contributed by atoms with van der Waals surface area (Å²) in [5, 5.41) is 6.43. The van der Waals surface area contributed by atoms with E-state index in [0.29, 0.717) is 34.4 Å². The molecule has 172 valence electrons. The van der Waals surface area contributed by atoms with Crippen LogP contribution in [0.15, 0.2) is 24.4 Å². The molecule has 1 aliphatic heterocycles. The van der Waals surface area contributed by atoms with Crippen LogP contribution in [0.4, 0.5) is 0 Å². The fourth-order valence-corrected chi connectivity index (χ4v) is 6.34. The zero-order valence-electron chi connectivity index (χ0n) is 19.4. The zero-order valence-corrected chi connectivity index (χ0v) is 19.4. The molecule has 2 N–H and O–H groups in total. The Morgan fingerprint density at radius 3 is 2.78 bits per heavy atom. The molecule has 0 spiro atoms. The topological polar surface area (TPSA) is 78.7 Å². The molecule has 4 fully saturated rings. The zero-order chi connectivity index (χ0) is 22.5. The molecule has 3 heterocycles. The number of imidazole rings is 1. The van der Waals surface area contributed by atoms with Crippen molar-refractivity contribution in [3.05, 3.63) is 35.8 Å². The quantitative estimate of drug-likeness (QED) is 0.728. The monoisotopic (exact) mass is 437 g/mol. The number of rotatable bonds is 6. The fraction of sp³-hybridized carbons (Fsp3) is 0.640. The summed E-state index contributed by atoms with van der Waals surface area (Å²) in [6.07, 6.45) is 6.90. The minimum absolute atomic E-state index is 0.0680. The first-order chi connectivity index (χ1) is 15.4. The minimum atomic E-state index is -0.0680. The van der Waals surface area contributed by atoms with Crippen molar-refractivity contribution in [3.8, 4) is 0 Å². The molecular weight excluding hydrogens is 402 g/mol. The first kappa shape index (κ1) is 21.4. The second-order valence-electron chi connectivity index (χ2n) is 10.6. The molecule has 3 aliphatic carbocycles. The summed E-state index contributed by atoms with van der Waals surface area (Å²) in [6, 6.07) is 5.95. The van der Waals surface area contributed by atoms with Crippen LogP contribution in [-0.2, 0) is 11.2 Å². The van der Waals surface area contributed by atoms with E-state index in [9.17, 15) is 9.59 Å². The van der Waals surface area contributed by atoms with Gasteiger partial charge in [0.1, 0.15) is 11.3 Å². The standard InChI is InChI=1S/C25H35N5O2/c1-25(2)17-8-7-16(20(25)11-17)13-27-24(32)21-5-4-6-22-28-19(15-30(21)22)12-23(31)29-10-9-18(14-29)26-3/h4-6,15-18,20,26H,7-14H2,1-3H3,(H,27,32)/t16-,17+,18?,20-/m0/s1. The van der Waals surface area contributed by atoms with Crippen LogP contribution in [0.1, 0.15) is 55.7 Å². The second-order valence-corrected chi connectivity index (χ2v) is 10.6. The van der Waals surface area contributed by atoms with E-state index >= 15 is 0 Å². The summed E-state index contributed by atoms with van der Waals surface area (Å²) in [5.74, 6) is 2.18. The van der Waals surface area contributed by atoms with Gasteiger partial charge >= 0.3 is 0 Å². The van der Waals surface area contributed by atoms with E-state index in [1.54, 1.807) is 0 Å². The van der Waals surface area contributed by atoms with Crippen LogP contribution in [0.3, 0.4) is 0 Å². The number of nitrogens with one attached hydrogen (secondary N) is 2. The normalized spacial score (nSPS) is 28.5. The number of hydrogen-bond acceptors (Lipinski definition) is 4. The minimum Gasteiger partial charge on any atom is -0.350 e. The predicted molar refractivity (Wildman–Crippen MR) is 123 cm³/mol. The fourth-order valence-electron chi connectivity index (χ4n) is 6.34. The summed E-state index contributed by atoms with van der Waals surface area (Å²) in [4.78, 5) is 32.3. The Kier molecular flexibility index (Phi) is 5.48. The number of carbonyl (C=O) groups is 2. The lowest BCUT2D eigenvalue weighted by Gasteiger charge is -2.60. The van der Waals surface area contributed by atoms with Crippen molar-refractivity contribution >= 4 is 17.5 Å². The molecule has 7 heteroatoms. The van der Waals surface area contributed by atoms with Crippen LogP contribution >= 0.6 is 0 Å². The number of hydrogen-bond donors (Lipinski definition) is 2. The Bertz CT molecular complexity index is 1030. The van der Waals surface area contributed by atoms with Gasteiger partial charge in [-0.05, 0) is 68.0 Å². The summed E-state index contributed by atoms with van der Waals surface area (Å²) in [6.45, 7) is 7.03. The molecule has 2 amide bonds. The second kappa shape index (κ2) is 8.18. The number of pyridine rings is 1. The van der Waals surface area contributed by atoms with E-state index in [2.05, 4.69) is 29.5 Å². The lowest BCUT2D eigenvalue weighted by Crippen LogP contribution is -2.54. The third-order valence-corrected chi connectivity index (χ3v) is 8.58. The molecule has 4 aliphatic rings. The molecule has 32 heavy (non-hydrogen) atoms. The van der Waals surface area contributed by atoms with Crippen LogP contribution in [-0.4, -0.2) is 58.8 Å². The van der Waals surface area contributed by atoms with Crippen molar-refractivity contribution in [1.29, 1.82) is 0 Å². The van der Waals surface area contributed by atoms with Crippen molar-refractivity contribution in [3.63, 3.8) is 0 Å². The summed E-state index contributed by atoms with van der Waals surface area (Å²) in [5.41, 5.74) is 2.40. The van der Waals surface area contributed by atoms with E-state index in [1.165, 1.54) is 19.3 Å². The maximum Gasteiger partial charge on any atom is 0.268 e. The molecule has 1 unspecified atom stereocenters. The molecule has 6 rings (SSSR count). The highest BCUT2D eigenvalue weighted by Gasteiger charge is 2.53. The molecule has 1 saturated heterocycles. The van der Waals surface area contributed by atoms with Crippen LogP contribution in [0, 0.1) is 23.2 Å². The highest BCUT2D eigenvalue weighted by Crippen LogP contribution is 2.61. The first-order valence-electron chi connectivity index (χ1n) is 12.1. The summed E-state index contributed by atoms with van der Waals surface area (Å²) >= 11 is 0. The summed E-state index contributed by atoms with van der Waals surface area (Å²) < 4.78 is 1.82. The van der Waals surface area contributed by atoms with Crippen molar-refractivity contribution in [2.75, 3.05) is 26.7 Å². The van der Waals surface area contributed by atoms with Crippen molar-refractivity contribution in [2.45, 2.75) is 52.0 Å². The van der Waals surface area contributed by atoms with Crippen molar-refractivity contribution in [1.82, 2.24) is 24.9 Å². The molecule has 4 atom stereocenters. The third kappa shape index (κ3) is 3.70. The van der Waals surface area contributed by atoms with E-state index in [-0.39, 0.29) is 18.2 Å². The Hall–Kier alpha value is -2.41. The molecule has 2 aromatic heterocycles. The maximum absolute atomic E-state index is 13.1. The van der Waals surface area contributed by atoms with Gasteiger partial charge in [-0.2, -0.15) is 0 Å². The third-order valence-electron chi connectivity index (χ3n) is 8.58. The van der Waals surface area contributed by atoms with E-state index in [4.69, 9.17) is 0 Å². The predicted octanol–water partition coefficient (Wildman–Crippen LogP) is 2.50. The largest absolute Gasteiger partial charge is 0.350 e. The lowest BCUT2D eigenvalue weighted by atomic mass is 9.45. The Balaban J connectivity index is 1.25. The number of carbonyl (C=O) groups excluding carboxylic acids is 2. The highest BCUT2D eigenvalue weighted by atomic mass is 16.2. The van der Waals surface area contributed by atoms with E-state index in [0.717, 1.165) is 37.9 Å². The van der Waals surface area contributed by atoms with Gasteiger partial charge in [0.15, 0.2) is 0 Å². The maximum atomic E-state index is 13.1. The van der Waals surface area contributed by atoms with Gasteiger partial charge in [0.05, 0.1) is 12.1 Å². The van der Waals surface area contributed by atoms with Gasteiger partial charge in [-0.15, -0.1) is 0 Å². The van der Waals surface area contributed by atoms with Crippen LogP contribution < -0.4 is 10.6 Å². The van der Waals surface area contributed by atoms with Crippen molar-refractivity contribution < 1.29 is 9.59 Å². The number of amides is 2. The summed E-state index contributed by atoms with van der Waals surface area (Å²) in [7, 11) is 1.94. The SMILES string of the molecule is CNC1CCN(C(=O)Cc2cn3c(C(=O)NC[C@@H]4CC[C@@H]5C[C@@H]4C5(C)C)cccc3n2)C1. The van der Waals surface area contributed by atoms with Gasteiger partial charge < -0.3 is 15.5 Å². The first-order valence-corrected chi connectivity index (χ1v) is 12.1. The molecule has 0 aromatic carbocycles. The van der Waals surface area contributed by atoms with Crippen LogP contribution in [0.2, 0.25) is 0 Å². The number of nitrogens with zero attached hydrogens (tertiary/aromatic N) is 3. The van der Waals surface area contributed by atoms with E-state index < -0.39 is 0 Å². The molecular formula is C25H35N5O2. The molecule has 0 radical (unpaired) electrons. The van der Waals surface area contributed by atoms with Gasteiger partial charge in [-0.1, -0.05) is 19.9 Å². The average molecular weight is 438 g/mol. The van der Waals surface area contributed by atoms with Crippen molar-refractivity contribution in [2.24, 2.45) is 23.2 Å². The van der Waals surface area contributed by atoms with Gasteiger partial charge in [-0.25, -0.2) is 4.98 Å². The molecule has 7 nitrogen and oxygen atoms in total. The Labute approximate surface area is 190 Å². The van der Waals surface area contributed by atoms with Gasteiger partial charge in [0.2, 0.25) is 5.91 Å². The number of likely N-dealkylation sites (N-methyl/N-ethyl adjacent to an activating group) is 1. The average Bonchev–Trinajstić information content (AvgIpc) is 3.43. The van der Waals surface area contributed by atoms with Gasteiger partial charge in [-0.3, -0.25) is 14.0 Å². The molecule has 2 aromatic rings. The van der Waals surface area contributed by atoms with E-state index in [1.807, 2.05) is 40.7 Å². The van der Waals surface area contributed by atoms with Crippen LogP contribution in [0.25, 0.3) is 5.65 Å². The number of aromatic nitrogens is 2. The smallest absolute Gasteiger partial charge is 0.268 e. The Morgan fingerprint density at radius 2 is 2.06 bits per heavy atom. The number of likely N-dealkylation sites (tertiary alicyclic amines) is 1. The van der Waals surface area contributed by atoms with Crippen LogP contribution in [0.5, 0.6) is 0 Å². The van der Waals surface area contributed by atoms with Gasteiger partial charge in [0.25, 0.3) is 5.91 Å².